The number of rotatable bonds is 5. The average molecular weight is 428 g/mol. The van der Waals surface area contributed by atoms with Gasteiger partial charge in [0.2, 0.25) is 10.0 Å². The predicted octanol–water partition coefficient (Wildman–Crippen LogP) is 3.97. The van der Waals surface area contributed by atoms with Crippen molar-refractivity contribution in [3.05, 3.63) is 58.3 Å². The molecular formula is C14H10BrF4NO3S. The number of ether oxygens (including phenoxy) is 1. The second-order valence-electron chi connectivity index (χ2n) is 4.57. The summed E-state index contributed by atoms with van der Waals surface area (Å²) in [5, 5.41) is 0. The molecule has 1 N–H and O–H groups in total. The number of halogens is 5. The van der Waals surface area contributed by atoms with Crippen molar-refractivity contribution in [2.24, 2.45) is 0 Å². The standard InChI is InChI=1S/C14H10BrF4NO3S/c15-10-7-9(5-6-11(10)16)8-20-24(21,22)13-4-2-1-3-12(13)23-14(17,18)19/h1-7,20H,8H2. The van der Waals surface area contributed by atoms with Crippen molar-refractivity contribution in [3.63, 3.8) is 0 Å². The van der Waals surface area contributed by atoms with Crippen LogP contribution in [0.2, 0.25) is 0 Å². The quantitative estimate of drug-likeness (QED) is 0.734. The first-order valence-electron chi connectivity index (χ1n) is 6.37. The van der Waals surface area contributed by atoms with Crippen molar-refractivity contribution in [3.8, 4) is 5.75 Å². The van der Waals surface area contributed by atoms with Crippen molar-refractivity contribution in [1.29, 1.82) is 0 Å². The normalized spacial score (nSPS) is 12.2. The van der Waals surface area contributed by atoms with Gasteiger partial charge in [0.25, 0.3) is 0 Å². The van der Waals surface area contributed by atoms with Gasteiger partial charge in [-0.2, -0.15) is 0 Å². The first-order chi connectivity index (χ1) is 11.1. The largest absolute Gasteiger partial charge is 0.573 e. The Morgan fingerprint density at radius 2 is 1.79 bits per heavy atom. The highest BCUT2D eigenvalue weighted by Crippen LogP contribution is 2.29. The Morgan fingerprint density at radius 3 is 2.42 bits per heavy atom. The van der Waals surface area contributed by atoms with Gasteiger partial charge in [-0.15, -0.1) is 13.2 Å². The summed E-state index contributed by atoms with van der Waals surface area (Å²) in [6.45, 7) is -0.235. The lowest BCUT2D eigenvalue weighted by Gasteiger charge is -2.14. The number of alkyl halides is 3. The van der Waals surface area contributed by atoms with E-state index in [1.165, 1.54) is 24.3 Å². The Kier molecular flexibility index (Phi) is 5.51. The van der Waals surface area contributed by atoms with Crippen LogP contribution in [-0.4, -0.2) is 14.8 Å². The Hall–Kier alpha value is -1.65. The van der Waals surface area contributed by atoms with Crippen LogP contribution in [0.3, 0.4) is 0 Å². The van der Waals surface area contributed by atoms with Crippen molar-refractivity contribution < 1.29 is 30.7 Å². The molecule has 0 amide bonds. The highest BCUT2D eigenvalue weighted by Gasteiger charge is 2.33. The van der Waals surface area contributed by atoms with Gasteiger partial charge < -0.3 is 4.74 Å². The summed E-state index contributed by atoms with van der Waals surface area (Å²) in [6, 6.07) is 8.22. The summed E-state index contributed by atoms with van der Waals surface area (Å²) in [6.07, 6.45) is -5.02. The maximum atomic E-state index is 13.1. The Labute approximate surface area is 143 Å². The molecule has 0 spiro atoms. The van der Waals surface area contributed by atoms with Gasteiger partial charge in [0.1, 0.15) is 16.5 Å². The van der Waals surface area contributed by atoms with E-state index in [0.717, 1.165) is 18.2 Å². The fourth-order valence-corrected chi connectivity index (χ4v) is 3.36. The van der Waals surface area contributed by atoms with E-state index in [2.05, 4.69) is 25.4 Å². The molecule has 2 aromatic carbocycles. The second-order valence-corrected chi connectivity index (χ2v) is 7.16. The van der Waals surface area contributed by atoms with Crippen LogP contribution < -0.4 is 9.46 Å². The Balaban J connectivity index is 2.23. The van der Waals surface area contributed by atoms with Crippen molar-refractivity contribution in [1.82, 2.24) is 4.72 Å². The van der Waals surface area contributed by atoms with E-state index in [4.69, 9.17) is 0 Å². The maximum absolute atomic E-state index is 13.1. The third-order valence-corrected chi connectivity index (χ3v) is 4.86. The number of hydrogen-bond donors (Lipinski definition) is 1. The van der Waals surface area contributed by atoms with Crippen molar-refractivity contribution in [2.45, 2.75) is 17.8 Å². The molecule has 0 aliphatic rings. The molecule has 0 aromatic heterocycles. The summed E-state index contributed by atoms with van der Waals surface area (Å²) in [4.78, 5) is -0.650. The zero-order valence-corrected chi connectivity index (χ0v) is 14.2. The Bertz CT molecular complexity index is 840. The summed E-state index contributed by atoms with van der Waals surface area (Å²) >= 11 is 2.96. The maximum Gasteiger partial charge on any atom is 0.573 e. The first-order valence-corrected chi connectivity index (χ1v) is 8.64. The third-order valence-electron chi connectivity index (χ3n) is 2.81. The zero-order chi connectivity index (χ0) is 18.0. The minimum Gasteiger partial charge on any atom is -0.404 e. The number of hydrogen-bond acceptors (Lipinski definition) is 3. The van der Waals surface area contributed by atoms with E-state index in [9.17, 15) is 26.0 Å². The average Bonchev–Trinajstić information content (AvgIpc) is 2.47. The van der Waals surface area contributed by atoms with E-state index in [0.29, 0.717) is 5.56 Å². The lowest BCUT2D eigenvalue weighted by molar-refractivity contribution is -0.275. The molecule has 0 radical (unpaired) electrons. The highest BCUT2D eigenvalue weighted by molar-refractivity contribution is 9.10. The minimum absolute atomic E-state index is 0.139. The molecule has 0 atom stereocenters. The molecule has 0 aliphatic carbocycles. The van der Waals surface area contributed by atoms with Crippen LogP contribution in [0.4, 0.5) is 17.6 Å². The molecule has 130 valence electrons. The molecule has 10 heteroatoms. The van der Waals surface area contributed by atoms with Crippen molar-refractivity contribution >= 4 is 26.0 Å². The number of nitrogens with one attached hydrogen (secondary N) is 1. The Morgan fingerprint density at radius 1 is 1.12 bits per heavy atom. The minimum atomic E-state index is -5.02. The van der Waals surface area contributed by atoms with Gasteiger partial charge in [0.05, 0.1) is 4.47 Å². The van der Waals surface area contributed by atoms with Crippen LogP contribution in [0.1, 0.15) is 5.56 Å². The molecule has 0 bridgehead atoms. The highest BCUT2D eigenvalue weighted by atomic mass is 79.9. The van der Waals surface area contributed by atoms with Crippen LogP contribution in [0, 0.1) is 5.82 Å². The van der Waals surface area contributed by atoms with E-state index < -0.39 is 32.8 Å². The van der Waals surface area contributed by atoms with E-state index in [1.807, 2.05) is 0 Å². The van der Waals surface area contributed by atoms with E-state index in [1.54, 1.807) is 0 Å². The molecule has 2 aromatic rings. The topological polar surface area (TPSA) is 55.4 Å². The van der Waals surface area contributed by atoms with Gasteiger partial charge >= 0.3 is 6.36 Å². The molecule has 2 rings (SSSR count). The number of benzene rings is 2. The van der Waals surface area contributed by atoms with Gasteiger partial charge in [0, 0.05) is 6.54 Å². The van der Waals surface area contributed by atoms with E-state index >= 15 is 0 Å². The first kappa shape index (κ1) is 18.7. The molecule has 4 nitrogen and oxygen atoms in total. The molecule has 0 fully saturated rings. The van der Waals surface area contributed by atoms with Gasteiger partial charge in [0.15, 0.2) is 0 Å². The molecule has 0 saturated carbocycles. The summed E-state index contributed by atoms with van der Waals surface area (Å²) in [5.41, 5.74) is 0.418. The molecule has 0 unspecified atom stereocenters. The van der Waals surface area contributed by atoms with Gasteiger partial charge in [-0.1, -0.05) is 18.2 Å². The van der Waals surface area contributed by atoms with Crippen LogP contribution in [0.15, 0.2) is 51.8 Å². The predicted molar refractivity (Wildman–Crippen MR) is 81.3 cm³/mol. The fourth-order valence-electron chi connectivity index (χ4n) is 1.79. The SMILES string of the molecule is O=S(=O)(NCc1ccc(F)c(Br)c1)c1ccccc1OC(F)(F)F. The number of sulfonamides is 1. The van der Waals surface area contributed by atoms with Crippen LogP contribution in [0.5, 0.6) is 5.75 Å². The molecule has 24 heavy (non-hydrogen) atoms. The van der Waals surface area contributed by atoms with Crippen LogP contribution >= 0.6 is 15.9 Å². The smallest absolute Gasteiger partial charge is 0.404 e. The van der Waals surface area contributed by atoms with Crippen LogP contribution in [-0.2, 0) is 16.6 Å². The summed E-state index contributed by atoms with van der Waals surface area (Å²) in [7, 11) is -4.27. The summed E-state index contributed by atoms with van der Waals surface area (Å²) < 4.78 is 80.7. The zero-order valence-electron chi connectivity index (χ0n) is 11.8. The van der Waals surface area contributed by atoms with Crippen LogP contribution in [0.25, 0.3) is 0 Å². The monoisotopic (exact) mass is 427 g/mol. The summed E-state index contributed by atoms with van der Waals surface area (Å²) in [5.74, 6) is -1.36. The van der Waals surface area contributed by atoms with E-state index in [-0.39, 0.29) is 11.0 Å². The number of para-hydroxylation sites is 1. The van der Waals surface area contributed by atoms with Gasteiger partial charge in [-0.05, 0) is 45.8 Å². The third kappa shape index (κ3) is 4.92. The lowest BCUT2D eigenvalue weighted by atomic mass is 10.2. The van der Waals surface area contributed by atoms with Gasteiger partial charge in [-0.3, -0.25) is 0 Å². The van der Waals surface area contributed by atoms with Gasteiger partial charge in [-0.25, -0.2) is 17.5 Å². The molecule has 0 saturated heterocycles. The second kappa shape index (κ2) is 7.08. The fraction of sp³-hybridized carbons (Fsp3) is 0.143. The molecular weight excluding hydrogens is 418 g/mol. The van der Waals surface area contributed by atoms with Crippen molar-refractivity contribution in [2.75, 3.05) is 0 Å². The lowest BCUT2D eigenvalue weighted by Crippen LogP contribution is -2.25. The molecule has 0 aliphatic heterocycles. The molecule has 0 heterocycles.